The monoisotopic (exact) mass is 767 g/mol. The van der Waals surface area contributed by atoms with Crippen LogP contribution in [0.2, 0.25) is 0 Å². The molecule has 1 saturated heterocycles. The highest BCUT2D eigenvalue weighted by molar-refractivity contribution is 5.68. The van der Waals surface area contributed by atoms with Gasteiger partial charge >= 0.3 is 6.09 Å². The zero-order chi connectivity index (χ0) is 39.5. The third-order valence-electron chi connectivity index (χ3n) is 9.89. The van der Waals surface area contributed by atoms with E-state index in [-0.39, 0.29) is 32.9 Å². The molecule has 0 unspecified atom stereocenters. The van der Waals surface area contributed by atoms with E-state index >= 15 is 0 Å². The molecule has 5 aromatic carbocycles. The number of carbonyl (C=O) groups is 1. The Hall–Kier alpha value is -5.35. The van der Waals surface area contributed by atoms with E-state index in [9.17, 15) is 4.79 Å². The highest BCUT2D eigenvalue weighted by Gasteiger charge is 2.57. The van der Waals surface area contributed by atoms with E-state index in [0.29, 0.717) is 26.2 Å². The number of nitrogens with zero attached hydrogens (tertiary/aromatic N) is 1. The Morgan fingerprint density at radius 3 is 1.49 bits per heavy atom. The third kappa shape index (κ3) is 12.1. The number of amides is 1. The predicted molar refractivity (Wildman–Crippen MR) is 222 cm³/mol. The Bertz CT molecular complexity index is 1910. The van der Waals surface area contributed by atoms with Crippen molar-refractivity contribution >= 4 is 6.09 Å². The van der Waals surface area contributed by atoms with Gasteiger partial charge in [0.15, 0.2) is 0 Å². The van der Waals surface area contributed by atoms with Gasteiger partial charge in [-0.3, -0.25) is 0 Å². The highest BCUT2D eigenvalue weighted by atomic mass is 16.6. The summed E-state index contributed by atoms with van der Waals surface area (Å²) in [5.41, 5.74) is 3.72. The molecule has 0 saturated carbocycles. The summed E-state index contributed by atoms with van der Waals surface area (Å²) in [6, 6.07) is 49.7. The average molecular weight is 768 g/mol. The maximum absolute atomic E-state index is 14.0. The Labute approximate surface area is 337 Å². The second-order valence-electron chi connectivity index (χ2n) is 14.2. The molecule has 0 aliphatic carbocycles. The van der Waals surface area contributed by atoms with Crippen molar-refractivity contribution in [3.05, 3.63) is 205 Å². The molecule has 1 aliphatic heterocycles. The van der Waals surface area contributed by atoms with Crippen LogP contribution in [0.25, 0.3) is 0 Å². The van der Waals surface area contributed by atoms with Crippen molar-refractivity contribution < 1.29 is 33.2 Å². The van der Waals surface area contributed by atoms with Crippen LogP contribution in [0.15, 0.2) is 177 Å². The fraction of sp³-hybridized carbons (Fsp3) is 0.286. The van der Waals surface area contributed by atoms with Gasteiger partial charge in [-0.05, 0) is 34.2 Å². The maximum atomic E-state index is 14.0. The average Bonchev–Trinajstić information content (AvgIpc) is 3.26. The predicted octanol–water partition coefficient (Wildman–Crippen LogP) is 9.50. The summed E-state index contributed by atoms with van der Waals surface area (Å²) in [7, 11) is 0. The van der Waals surface area contributed by atoms with Crippen molar-refractivity contribution in [3.8, 4) is 0 Å². The molecule has 0 bridgehead atoms. The lowest BCUT2D eigenvalue weighted by Crippen LogP contribution is -2.70. The van der Waals surface area contributed by atoms with Gasteiger partial charge in [0.05, 0.1) is 39.6 Å². The van der Waals surface area contributed by atoms with Gasteiger partial charge in [-0.2, -0.15) is 0 Å². The maximum Gasteiger partial charge on any atom is 0.410 e. The van der Waals surface area contributed by atoms with Crippen molar-refractivity contribution in [1.82, 2.24) is 4.90 Å². The van der Waals surface area contributed by atoms with Crippen molar-refractivity contribution in [2.24, 2.45) is 0 Å². The number of rotatable bonds is 21. The quantitative estimate of drug-likeness (QED) is 0.0689. The Morgan fingerprint density at radius 1 is 0.579 bits per heavy atom. The second-order valence-corrected chi connectivity index (χ2v) is 14.2. The molecule has 1 fully saturated rings. The zero-order valence-electron chi connectivity index (χ0n) is 32.5. The molecule has 8 nitrogen and oxygen atoms in total. The summed E-state index contributed by atoms with van der Waals surface area (Å²) >= 11 is 0. The molecule has 57 heavy (non-hydrogen) atoms. The van der Waals surface area contributed by atoms with Crippen LogP contribution >= 0.6 is 0 Å². The Kier molecular flexibility index (Phi) is 15.8. The molecule has 1 heterocycles. The first-order chi connectivity index (χ1) is 28.1. The van der Waals surface area contributed by atoms with Crippen molar-refractivity contribution in [1.29, 1.82) is 0 Å². The van der Waals surface area contributed by atoms with E-state index in [1.54, 1.807) is 11.0 Å². The SMILES string of the molecule is C=CCN(C[C@@]1(CC=C)O[C@H](COCc2ccccc2)[C@@H](OCc2ccccc2)[C@H](OCc2ccccc2)[C@H]1OCc1ccccc1)C(=O)OCc1ccccc1. The molecule has 5 atom stereocenters. The fourth-order valence-corrected chi connectivity index (χ4v) is 7.13. The van der Waals surface area contributed by atoms with E-state index in [4.69, 9.17) is 28.4 Å². The number of hydrogen-bond acceptors (Lipinski definition) is 7. The summed E-state index contributed by atoms with van der Waals surface area (Å²) in [5.74, 6) is 0. The van der Waals surface area contributed by atoms with Gasteiger partial charge in [0, 0.05) is 6.54 Å². The number of hydrogen-bond donors (Lipinski definition) is 0. The van der Waals surface area contributed by atoms with Gasteiger partial charge in [-0.1, -0.05) is 164 Å². The van der Waals surface area contributed by atoms with Gasteiger partial charge in [0.25, 0.3) is 0 Å². The number of carbonyl (C=O) groups excluding carboxylic acids is 1. The Morgan fingerprint density at radius 2 is 1.02 bits per heavy atom. The van der Waals surface area contributed by atoms with Crippen LogP contribution < -0.4 is 0 Å². The van der Waals surface area contributed by atoms with Gasteiger partial charge in [-0.25, -0.2) is 4.79 Å². The molecule has 0 radical (unpaired) electrons. The molecule has 0 aromatic heterocycles. The first-order valence-electron chi connectivity index (χ1n) is 19.5. The lowest BCUT2D eigenvalue weighted by molar-refractivity contribution is -0.309. The minimum Gasteiger partial charge on any atom is -0.445 e. The molecule has 5 aromatic rings. The normalized spacial score (nSPS) is 20.4. The molecule has 296 valence electrons. The molecule has 0 N–H and O–H groups in total. The van der Waals surface area contributed by atoms with E-state index in [2.05, 4.69) is 13.2 Å². The summed E-state index contributed by atoms with van der Waals surface area (Å²) in [6.07, 6.45) is 0.598. The molecular formula is C49H53NO7. The lowest BCUT2D eigenvalue weighted by Gasteiger charge is -2.53. The topological polar surface area (TPSA) is 75.7 Å². The van der Waals surface area contributed by atoms with Crippen LogP contribution in [0, 0.1) is 0 Å². The highest BCUT2D eigenvalue weighted by Crippen LogP contribution is 2.40. The fourth-order valence-electron chi connectivity index (χ4n) is 7.13. The molecule has 6 rings (SSSR count). The summed E-state index contributed by atoms with van der Waals surface area (Å²) in [6.45, 7) is 9.98. The van der Waals surface area contributed by atoms with Gasteiger partial charge in [0.1, 0.15) is 36.6 Å². The number of ether oxygens (including phenoxy) is 6. The molecule has 1 amide bonds. The van der Waals surface area contributed by atoms with Crippen LogP contribution in [0.4, 0.5) is 4.79 Å². The molecular weight excluding hydrogens is 715 g/mol. The van der Waals surface area contributed by atoms with E-state index < -0.39 is 36.1 Å². The van der Waals surface area contributed by atoms with E-state index in [1.165, 1.54) is 0 Å². The van der Waals surface area contributed by atoms with Gasteiger partial charge in [0.2, 0.25) is 0 Å². The summed E-state index contributed by atoms with van der Waals surface area (Å²) in [5, 5.41) is 0. The zero-order valence-corrected chi connectivity index (χ0v) is 32.5. The van der Waals surface area contributed by atoms with Crippen molar-refractivity contribution in [2.45, 2.75) is 69.5 Å². The van der Waals surface area contributed by atoms with Crippen LogP contribution in [-0.2, 0) is 61.5 Å². The first-order valence-corrected chi connectivity index (χ1v) is 19.5. The third-order valence-corrected chi connectivity index (χ3v) is 9.89. The molecule has 0 spiro atoms. The van der Waals surface area contributed by atoms with Crippen LogP contribution in [-0.4, -0.2) is 60.7 Å². The summed E-state index contributed by atoms with van der Waals surface area (Å²) in [4.78, 5) is 15.6. The molecule has 8 heteroatoms. The van der Waals surface area contributed by atoms with Crippen LogP contribution in [0.5, 0.6) is 0 Å². The Balaban J connectivity index is 1.39. The van der Waals surface area contributed by atoms with E-state index in [0.717, 1.165) is 27.8 Å². The number of benzene rings is 5. The van der Waals surface area contributed by atoms with Crippen LogP contribution in [0.3, 0.4) is 0 Å². The van der Waals surface area contributed by atoms with E-state index in [1.807, 2.05) is 158 Å². The first kappa shape index (κ1) is 41.3. The summed E-state index contributed by atoms with van der Waals surface area (Å²) < 4.78 is 40.5. The van der Waals surface area contributed by atoms with Crippen molar-refractivity contribution in [3.63, 3.8) is 0 Å². The molecule has 1 aliphatic rings. The minimum atomic E-state index is -1.18. The lowest BCUT2D eigenvalue weighted by atomic mass is 9.81. The standard InChI is InChI=1S/C49H53NO7/c1-3-30-49(38-50(31-4-2)48(51)56-36-43-28-18-9-19-29-43)47(55-35-42-26-16-8-17-27-42)46(54-34-41-24-14-7-15-25-41)45(53-33-40-22-12-6-13-23-40)44(57-49)37-52-32-39-20-10-5-11-21-39/h3-29,44-47H,1-2,30-38H2/t44-,45-,46+,47-,49-/m1/s1. The minimum absolute atomic E-state index is 0.0872. The van der Waals surface area contributed by atoms with Gasteiger partial charge in [-0.15, -0.1) is 13.2 Å². The van der Waals surface area contributed by atoms with Gasteiger partial charge < -0.3 is 33.3 Å². The second kappa shape index (κ2) is 21.8. The largest absolute Gasteiger partial charge is 0.445 e. The van der Waals surface area contributed by atoms with Crippen LogP contribution in [0.1, 0.15) is 34.2 Å². The van der Waals surface area contributed by atoms with Crippen molar-refractivity contribution in [2.75, 3.05) is 19.7 Å². The smallest absolute Gasteiger partial charge is 0.410 e.